The second-order valence-corrected chi connectivity index (χ2v) is 8.08. The minimum absolute atomic E-state index is 0.163. The van der Waals surface area contributed by atoms with Crippen LogP contribution in [0, 0.1) is 0 Å². The van der Waals surface area contributed by atoms with Crippen LogP contribution in [0.15, 0.2) is 53.4 Å². The lowest BCUT2D eigenvalue weighted by Gasteiger charge is -2.10. The van der Waals surface area contributed by atoms with Gasteiger partial charge in [-0.2, -0.15) is 0 Å². The van der Waals surface area contributed by atoms with E-state index in [1.165, 1.54) is 0 Å². The van der Waals surface area contributed by atoms with Gasteiger partial charge >= 0.3 is 0 Å². The summed E-state index contributed by atoms with van der Waals surface area (Å²) in [5.74, 6) is 1.08. The highest BCUT2D eigenvalue weighted by atomic mass is 32.2. The van der Waals surface area contributed by atoms with Gasteiger partial charge < -0.3 is 4.57 Å². The fourth-order valence-electron chi connectivity index (χ4n) is 2.89. The first kappa shape index (κ1) is 17.6. The zero-order valence-corrected chi connectivity index (χ0v) is 15.5. The zero-order chi connectivity index (χ0) is 18.0. The number of nitrogens with one attached hydrogen (secondary N) is 1. The Bertz CT molecular complexity index is 974. The van der Waals surface area contributed by atoms with E-state index in [1.807, 2.05) is 47.9 Å². The molecule has 25 heavy (non-hydrogen) atoms. The smallest absolute Gasteiger partial charge is 0.240 e. The molecule has 0 aliphatic heterocycles. The summed E-state index contributed by atoms with van der Waals surface area (Å²) in [5, 5.41) is 0. The van der Waals surface area contributed by atoms with Gasteiger partial charge in [-0.25, -0.2) is 18.1 Å². The SMILES string of the molecule is CCn1c(CNS(=O)(=O)c2ccc(C(C)C)cc2)nc2ccccc21. The molecule has 0 atom stereocenters. The first-order chi connectivity index (χ1) is 11.9. The van der Waals surface area contributed by atoms with Crippen LogP contribution in [-0.4, -0.2) is 18.0 Å². The van der Waals surface area contributed by atoms with Gasteiger partial charge in [0.2, 0.25) is 10.0 Å². The van der Waals surface area contributed by atoms with Crippen molar-refractivity contribution in [1.82, 2.24) is 14.3 Å². The maximum Gasteiger partial charge on any atom is 0.240 e. The van der Waals surface area contributed by atoms with Crippen LogP contribution in [0.2, 0.25) is 0 Å². The first-order valence-corrected chi connectivity index (χ1v) is 9.94. The highest BCUT2D eigenvalue weighted by Crippen LogP contribution is 2.19. The third-order valence-electron chi connectivity index (χ3n) is 4.33. The molecule has 5 nitrogen and oxygen atoms in total. The monoisotopic (exact) mass is 357 g/mol. The predicted molar refractivity (Wildman–Crippen MR) is 100.0 cm³/mol. The lowest BCUT2D eigenvalue weighted by Crippen LogP contribution is -2.25. The first-order valence-electron chi connectivity index (χ1n) is 8.46. The van der Waals surface area contributed by atoms with Gasteiger partial charge in [0.1, 0.15) is 5.82 Å². The number of hydrogen-bond acceptors (Lipinski definition) is 3. The Hall–Kier alpha value is -2.18. The Morgan fingerprint density at radius 2 is 1.76 bits per heavy atom. The van der Waals surface area contributed by atoms with E-state index < -0.39 is 10.0 Å². The molecule has 0 fully saturated rings. The Morgan fingerprint density at radius 1 is 1.08 bits per heavy atom. The van der Waals surface area contributed by atoms with Crippen molar-refractivity contribution in [2.45, 2.75) is 44.7 Å². The van der Waals surface area contributed by atoms with Crippen LogP contribution in [0.1, 0.15) is 38.1 Å². The average molecular weight is 357 g/mol. The minimum atomic E-state index is -3.57. The predicted octanol–water partition coefficient (Wildman–Crippen LogP) is 3.66. The molecule has 1 aromatic heterocycles. The molecule has 3 aromatic rings. The van der Waals surface area contributed by atoms with Crippen molar-refractivity contribution in [3.63, 3.8) is 0 Å². The van der Waals surface area contributed by atoms with E-state index in [9.17, 15) is 8.42 Å². The zero-order valence-electron chi connectivity index (χ0n) is 14.7. The van der Waals surface area contributed by atoms with Gasteiger partial charge in [0.05, 0.1) is 22.5 Å². The lowest BCUT2D eigenvalue weighted by molar-refractivity contribution is 0.576. The fraction of sp³-hybridized carbons (Fsp3) is 0.316. The maximum absolute atomic E-state index is 12.6. The van der Waals surface area contributed by atoms with Gasteiger partial charge in [0.25, 0.3) is 0 Å². The normalized spacial score (nSPS) is 12.2. The fourth-order valence-corrected chi connectivity index (χ4v) is 3.87. The maximum atomic E-state index is 12.6. The molecule has 0 aliphatic rings. The highest BCUT2D eigenvalue weighted by molar-refractivity contribution is 7.89. The van der Waals surface area contributed by atoms with Crippen LogP contribution < -0.4 is 4.72 Å². The average Bonchev–Trinajstić information content (AvgIpc) is 2.97. The molecule has 0 saturated heterocycles. The van der Waals surface area contributed by atoms with Gasteiger partial charge in [0.15, 0.2) is 0 Å². The van der Waals surface area contributed by atoms with E-state index in [0.29, 0.717) is 11.7 Å². The van der Waals surface area contributed by atoms with Crippen molar-refractivity contribution < 1.29 is 8.42 Å². The molecule has 6 heteroatoms. The number of imidazole rings is 1. The van der Waals surface area contributed by atoms with Gasteiger partial charge in [-0.05, 0) is 42.7 Å². The second kappa shape index (κ2) is 6.98. The van der Waals surface area contributed by atoms with Crippen LogP contribution in [0.3, 0.4) is 0 Å². The molecular formula is C19H23N3O2S. The molecule has 132 valence electrons. The number of aromatic nitrogens is 2. The topological polar surface area (TPSA) is 64.0 Å². The summed E-state index contributed by atoms with van der Waals surface area (Å²) in [5.41, 5.74) is 3.01. The Morgan fingerprint density at radius 3 is 2.40 bits per heavy atom. The number of para-hydroxylation sites is 2. The number of benzene rings is 2. The molecule has 0 bridgehead atoms. The van der Waals surface area contributed by atoms with Crippen molar-refractivity contribution in [3.05, 3.63) is 59.9 Å². The Balaban J connectivity index is 1.82. The number of aryl methyl sites for hydroxylation is 1. The molecule has 0 unspecified atom stereocenters. The van der Waals surface area contributed by atoms with Gasteiger partial charge in [-0.1, -0.05) is 38.1 Å². The quantitative estimate of drug-likeness (QED) is 0.732. The lowest BCUT2D eigenvalue weighted by atomic mass is 10.0. The number of rotatable bonds is 6. The standard InChI is InChI=1S/C19H23N3O2S/c1-4-22-18-8-6-5-7-17(18)21-19(22)13-20-25(23,24)16-11-9-15(10-12-16)14(2)3/h5-12,14,20H,4,13H2,1-3H3. The molecule has 2 aromatic carbocycles. The van der Waals surface area contributed by atoms with Gasteiger partial charge in [-0.3, -0.25) is 0 Å². The van der Waals surface area contributed by atoms with Crippen LogP contribution in [0.25, 0.3) is 11.0 Å². The molecule has 0 radical (unpaired) electrons. The summed E-state index contributed by atoms with van der Waals surface area (Å²) in [6, 6.07) is 14.8. The van der Waals surface area contributed by atoms with E-state index >= 15 is 0 Å². The molecular weight excluding hydrogens is 334 g/mol. The number of nitrogens with zero attached hydrogens (tertiary/aromatic N) is 2. The van der Waals surface area contributed by atoms with E-state index in [0.717, 1.165) is 23.1 Å². The molecule has 0 amide bonds. The van der Waals surface area contributed by atoms with E-state index in [-0.39, 0.29) is 11.4 Å². The Kier molecular flexibility index (Phi) is 4.92. The van der Waals surface area contributed by atoms with Crippen molar-refractivity contribution in [2.24, 2.45) is 0 Å². The largest absolute Gasteiger partial charge is 0.327 e. The highest BCUT2D eigenvalue weighted by Gasteiger charge is 2.16. The summed E-state index contributed by atoms with van der Waals surface area (Å²) in [7, 11) is -3.57. The summed E-state index contributed by atoms with van der Waals surface area (Å²) < 4.78 is 29.8. The van der Waals surface area contributed by atoms with E-state index in [1.54, 1.807) is 12.1 Å². The minimum Gasteiger partial charge on any atom is -0.327 e. The third-order valence-corrected chi connectivity index (χ3v) is 5.74. The van der Waals surface area contributed by atoms with Crippen molar-refractivity contribution in [1.29, 1.82) is 0 Å². The second-order valence-electron chi connectivity index (χ2n) is 6.31. The molecule has 1 heterocycles. The summed E-state index contributed by atoms with van der Waals surface area (Å²) in [6.07, 6.45) is 0. The molecule has 0 spiro atoms. The van der Waals surface area contributed by atoms with Crippen molar-refractivity contribution in [2.75, 3.05) is 0 Å². The number of sulfonamides is 1. The van der Waals surface area contributed by atoms with Gasteiger partial charge in [-0.15, -0.1) is 0 Å². The van der Waals surface area contributed by atoms with Gasteiger partial charge in [0, 0.05) is 6.54 Å². The van der Waals surface area contributed by atoms with Crippen LogP contribution >= 0.6 is 0 Å². The molecule has 1 N–H and O–H groups in total. The molecule has 0 saturated carbocycles. The summed E-state index contributed by atoms with van der Waals surface area (Å²) in [4.78, 5) is 4.83. The van der Waals surface area contributed by atoms with Crippen molar-refractivity contribution in [3.8, 4) is 0 Å². The van der Waals surface area contributed by atoms with Crippen LogP contribution in [0.5, 0.6) is 0 Å². The number of fused-ring (bicyclic) bond motifs is 1. The number of hydrogen-bond donors (Lipinski definition) is 1. The van der Waals surface area contributed by atoms with Crippen LogP contribution in [0.4, 0.5) is 0 Å². The molecule has 3 rings (SSSR count). The summed E-state index contributed by atoms with van der Waals surface area (Å²) in [6.45, 7) is 7.09. The third kappa shape index (κ3) is 3.60. The summed E-state index contributed by atoms with van der Waals surface area (Å²) >= 11 is 0. The van der Waals surface area contributed by atoms with E-state index in [4.69, 9.17) is 0 Å². The van der Waals surface area contributed by atoms with E-state index in [2.05, 4.69) is 23.6 Å². The molecule has 0 aliphatic carbocycles. The Labute approximate surface area is 148 Å². The van der Waals surface area contributed by atoms with Crippen molar-refractivity contribution >= 4 is 21.1 Å². The van der Waals surface area contributed by atoms with Crippen LogP contribution in [-0.2, 0) is 23.1 Å².